The van der Waals surface area contributed by atoms with Crippen molar-refractivity contribution < 1.29 is 0 Å². The molecule has 23 heavy (non-hydrogen) atoms. The molecule has 1 nitrogen and oxygen atoms in total. The fourth-order valence-electron chi connectivity index (χ4n) is 2.54. The summed E-state index contributed by atoms with van der Waals surface area (Å²) in [7, 11) is 0. The lowest BCUT2D eigenvalue weighted by atomic mass is 9.98. The molecule has 3 aromatic carbocycles. The highest BCUT2D eigenvalue weighted by Gasteiger charge is 2.12. The molecule has 0 fully saturated rings. The summed E-state index contributed by atoms with van der Waals surface area (Å²) < 4.78 is 1.11. The van der Waals surface area contributed by atoms with E-state index in [1.807, 2.05) is 0 Å². The number of halogens is 2. The monoisotopic (exact) mass is 387 g/mol. The molecule has 0 unspecified atom stereocenters. The Morgan fingerprint density at radius 1 is 0.696 bits per heavy atom. The number of hydrogen-bond acceptors (Lipinski definition) is 1. The van der Waals surface area contributed by atoms with E-state index in [0.29, 0.717) is 0 Å². The van der Waals surface area contributed by atoms with Gasteiger partial charge in [0.1, 0.15) is 0 Å². The second-order valence-electron chi connectivity index (χ2n) is 5.26. The first kappa shape index (κ1) is 17.7. The minimum Gasteiger partial charge on any atom is -0.302 e. The molecule has 0 atom stereocenters. The Hall–Kier alpha value is -1.61. The summed E-state index contributed by atoms with van der Waals surface area (Å²) >= 11 is 3.48. The molecule has 0 spiro atoms. The molecule has 3 heteroatoms. The minimum atomic E-state index is 0. The average Bonchev–Trinajstić information content (AvgIpc) is 2.59. The van der Waals surface area contributed by atoms with Crippen molar-refractivity contribution in [3.63, 3.8) is 0 Å². The largest absolute Gasteiger partial charge is 0.302 e. The lowest BCUT2D eigenvalue weighted by Crippen LogP contribution is -2.21. The molecule has 1 N–H and O–H groups in total. The normalized spacial score (nSPS) is 10.3. The van der Waals surface area contributed by atoms with Crippen molar-refractivity contribution in [1.29, 1.82) is 0 Å². The van der Waals surface area contributed by atoms with Gasteiger partial charge in [0.25, 0.3) is 0 Å². The summed E-state index contributed by atoms with van der Waals surface area (Å²) in [5.74, 6) is 0. The Morgan fingerprint density at radius 3 is 1.65 bits per heavy atom. The van der Waals surface area contributed by atoms with Crippen LogP contribution >= 0.6 is 28.3 Å². The molecule has 0 aliphatic heterocycles. The van der Waals surface area contributed by atoms with E-state index in [9.17, 15) is 0 Å². The molecule has 0 radical (unpaired) electrons. The van der Waals surface area contributed by atoms with Gasteiger partial charge in [-0.1, -0.05) is 88.7 Å². The first-order chi connectivity index (χ1) is 10.8. The zero-order valence-electron chi connectivity index (χ0n) is 12.7. The highest BCUT2D eigenvalue weighted by Crippen LogP contribution is 2.22. The fourth-order valence-corrected chi connectivity index (χ4v) is 2.81. The number of nitrogens with one attached hydrogen (secondary N) is 1. The van der Waals surface area contributed by atoms with Crippen molar-refractivity contribution >= 4 is 28.3 Å². The highest BCUT2D eigenvalue weighted by atomic mass is 79.9. The van der Waals surface area contributed by atoms with Crippen LogP contribution < -0.4 is 5.32 Å². The SMILES string of the molecule is Brc1ccc(CNC(c2ccccc2)c2ccccc2)cc1.Cl. The molecular weight excluding hydrogens is 370 g/mol. The Morgan fingerprint density at radius 2 is 1.17 bits per heavy atom. The van der Waals surface area contributed by atoms with Gasteiger partial charge in [0.2, 0.25) is 0 Å². The van der Waals surface area contributed by atoms with Crippen molar-refractivity contribution in [1.82, 2.24) is 5.32 Å². The van der Waals surface area contributed by atoms with Crippen LogP contribution in [0.4, 0.5) is 0 Å². The lowest BCUT2D eigenvalue weighted by molar-refractivity contribution is 0.605. The molecule has 3 aromatic rings. The van der Waals surface area contributed by atoms with E-state index in [1.54, 1.807) is 0 Å². The summed E-state index contributed by atoms with van der Waals surface area (Å²) in [5, 5.41) is 3.67. The van der Waals surface area contributed by atoms with Gasteiger partial charge in [-0.2, -0.15) is 0 Å². The molecule has 0 aromatic heterocycles. The summed E-state index contributed by atoms with van der Waals surface area (Å²) in [6.45, 7) is 0.835. The first-order valence-corrected chi connectivity index (χ1v) is 8.20. The maximum absolute atomic E-state index is 3.67. The summed E-state index contributed by atoms with van der Waals surface area (Å²) in [6.07, 6.45) is 0. The van der Waals surface area contributed by atoms with E-state index < -0.39 is 0 Å². The zero-order chi connectivity index (χ0) is 15.2. The van der Waals surface area contributed by atoms with Crippen molar-refractivity contribution in [2.75, 3.05) is 0 Å². The average molecular weight is 389 g/mol. The van der Waals surface area contributed by atoms with Gasteiger partial charge < -0.3 is 5.32 Å². The Balaban J connectivity index is 0.00000192. The number of rotatable bonds is 5. The van der Waals surface area contributed by atoms with Gasteiger partial charge in [0, 0.05) is 11.0 Å². The van der Waals surface area contributed by atoms with Crippen molar-refractivity contribution in [3.05, 3.63) is 106 Å². The van der Waals surface area contributed by atoms with Crippen LogP contribution in [0.25, 0.3) is 0 Å². The van der Waals surface area contributed by atoms with Crippen LogP contribution in [0.2, 0.25) is 0 Å². The van der Waals surface area contributed by atoms with Gasteiger partial charge in [-0.25, -0.2) is 0 Å². The summed E-state index contributed by atoms with van der Waals surface area (Å²) in [6, 6.07) is 29.8. The molecule has 0 saturated carbocycles. The summed E-state index contributed by atoms with van der Waals surface area (Å²) in [4.78, 5) is 0. The number of benzene rings is 3. The van der Waals surface area contributed by atoms with Gasteiger partial charge in [-0.05, 0) is 28.8 Å². The fraction of sp³-hybridized carbons (Fsp3) is 0.100. The maximum atomic E-state index is 3.67. The van der Waals surface area contributed by atoms with Crippen LogP contribution in [-0.4, -0.2) is 0 Å². The third-order valence-corrected chi connectivity index (χ3v) is 4.22. The van der Waals surface area contributed by atoms with E-state index in [1.165, 1.54) is 16.7 Å². The van der Waals surface area contributed by atoms with Crippen LogP contribution in [0.1, 0.15) is 22.7 Å². The summed E-state index contributed by atoms with van der Waals surface area (Å²) in [5.41, 5.74) is 3.84. The maximum Gasteiger partial charge on any atom is 0.0579 e. The van der Waals surface area contributed by atoms with E-state index in [4.69, 9.17) is 0 Å². The molecule has 0 saturated heterocycles. The van der Waals surface area contributed by atoms with Gasteiger partial charge in [0.05, 0.1) is 6.04 Å². The molecular formula is C20H19BrClN. The third kappa shape index (κ3) is 4.93. The molecule has 118 valence electrons. The molecule has 3 rings (SSSR count). The zero-order valence-corrected chi connectivity index (χ0v) is 15.1. The van der Waals surface area contributed by atoms with Gasteiger partial charge >= 0.3 is 0 Å². The first-order valence-electron chi connectivity index (χ1n) is 7.40. The molecule has 0 aliphatic rings. The van der Waals surface area contributed by atoms with Crippen molar-refractivity contribution in [2.45, 2.75) is 12.6 Å². The lowest BCUT2D eigenvalue weighted by Gasteiger charge is -2.20. The smallest absolute Gasteiger partial charge is 0.0579 e. The van der Waals surface area contributed by atoms with Crippen LogP contribution in [-0.2, 0) is 6.54 Å². The van der Waals surface area contributed by atoms with Crippen LogP contribution in [0.3, 0.4) is 0 Å². The van der Waals surface area contributed by atoms with E-state index in [-0.39, 0.29) is 18.4 Å². The van der Waals surface area contributed by atoms with E-state index in [2.05, 4.69) is 106 Å². The molecule has 0 bridgehead atoms. The Labute approximate surface area is 152 Å². The molecule has 0 aliphatic carbocycles. The predicted octanol–water partition coefficient (Wildman–Crippen LogP) is 5.75. The quantitative estimate of drug-likeness (QED) is 0.587. The van der Waals surface area contributed by atoms with Crippen molar-refractivity contribution in [3.8, 4) is 0 Å². The second kappa shape index (κ2) is 8.88. The molecule has 0 amide bonds. The van der Waals surface area contributed by atoms with E-state index >= 15 is 0 Å². The van der Waals surface area contributed by atoms with Crippen LogP contribution in [0.15, 0.2) is 89.4 Å². The number of hydrogen-bond donors (Lipinski definition) is 1. The van der Waals surface area contributed by atoms with Crippen molar-refractivity contribution in [2.24, 2.45) is 0 Å². The Bertz CT molecular complexity index is 659. The minimum absolute atomic E-state index is 0. The third-order valence-electron chi connectivity index (χ3n) is 3.69. The second-order valence-corrected chi connectivity index (χ2v) is 6.18. The van der Waals surface area contributed by atoms with Gasteiger partial charge in [0.15, 0.2) is 0 Å². The topological polar surface area (TPSA) is 12.0 Å². The Kier molecular flexibility index (Phi) is 6.85. The van der Waals surface area contributed by atoms with Gasteiger partial charge in [-0.3, -0.25) is 0 Å². The highest BCUT2D eigenvalue weighted by molar-refractivity contribution is 9.10. The predicted molar refractivity (Wildman–Crippen MR) is 103 cm³/mol. The van der Waals surface area contributed by atoms with E-state index in [0.717, 1.165) is 11.0 Å². The van der Waals surface area contributed by atoms with Crippen LogP contribution in [0.5, 0.6) is 0 Å². The molecule has 0 heterocycles. The standard InChI is InChI=1S/C20H18BrN.ClH/c21-19-13-11-16(12-14-19)15-22-20(17-7-3-1-4-8-17)18-9-5-2-6-10-18;/h1-14,20,22H,15H2;1H. The van der Waals surface area contributed by atoms with Gasteiger partial charge in [-0.15, -0.1) is 12.4 Å². The van der Waals surface area contributed by atoms with Crippen LogP contribution in [0, 0.1) is 0 Å².